The van der Waals surface area contributed by atoms with Gasteiger partial charge in [-0.2, -0.15) is 0 Å². The molecule has 0 unspecified atom stereocenters. The highest BCUT2D eigenvalue weighted by molar-refractivity contribution is 7.22. The maximum Gasteiger partial charge on any atom is 0.285 e. The molecule has 1 aromatic carbocycles. The first-order valence-electron chi connectivity index (χ1n) is 4.85. The molecule has 4 nitrogen and oxygen atoms in total. The summed E-state index contributed by atoms with van der Waals surface area (Å²) in [6, 6.07) is 9.31. The second kappa shape index (κ2) is 3.94. The summed E-state index contributed by atoms with van der Waals surface area (Å²) in [5.74, 6) is 0. The van der Waals surface area contributed by atoms with Crippen molar-refractivity contribution in [3.8, 4) is 10.4 Å². The van der Waals surface area contributed by atoms with E-state index in [4.69, 9.17) is 11.6 Å². The first kappa shape index (κ1) is 10.4. The number of fused-ring (bicyclic) bond motifs is 1. The zero-order valence-corrected chi connectivity index (χ0v) is 10.0. The summed E-state index contributed by atoms with van der Waals surface area (Å²) < 4.78 is 0.588. The third-order valence-corrected chi connectivity index (χ3v) is 3.78. The first-order chi connectivity index (χ1) is 8.24. The minimum atomic E-state index is -0.208. The highest BCUT2D eigenvalue weighted by Crippen LogP contribution is 2.30. The second-order valence-corrected chi connectivity index (χ2v) is 4.96. The van der Waals surface area contributed by atoms with Crippen molar-refractivity contribution in [2.75, 3.05) is 0 Å². The van der Waals surface area contributed by atoms with Gasteiger partial charge in [-0.05, 0) is 23.8 Å². The van der Waals surface area contributed by atoms with Crippen LogP contribution >= 0.6 is 22.9 Å². The Morgan fingerprint density at radius 2 is 2.00 bits per heavy atom. The molecule has 1 N–H and O–H groups in total. The van der Waals surface area contributed by atoms with Gasteiger partial charge in [-0.1, -0.05) is 28.9 Å². The monoisotopic (exact) mass is 263 g/mol. The van der Waals surface area contributed by atoms with Crippen LogP contribution in [0.25, 0.3) is 20.7 Å². The molecule has 0 aliphatic rings. The van der Waals surface area contributed by atoms with Gasteiger partial charge in [0, 0.05) is 9.90 Å². The van der Waals surface area contributed by atoms with Gasteiger partial charge in [0.2, 0.25) is 0 Å². The van der Waals surface area contributed by atoms with Gasteiger partial charge in [0.1, 0.15) is 10.2 Å². The van der Waals surface area contributed by atoms with E-state index in [0.29, 0.717) is 15.2 Å². The number of hydrogen-bond donors (Lipinski definition) is 1. The average Bonchev–Trinajstić information content (AvgIpc) is 2.75. The van der Waals surface area contributed by atoms with E-state index in [1.807, 2.05) is 30.3 Å². The van der Waals surface area contributed by atoms with Gasteiger partial charge < -0.3 is 0 Å². The molecule has 0 aliphatic carbocycles. The molecule has 3 aromatic rings. The van der Waals surface area contributed by atoms with Gasteiger partial charge in [-0.3, -0.25) is 4.79 Å². The van der Waals surface area contributed by atoms with Crippen molar-refractivity contribution in [1.82, 2.24) is 15.4 Å². The Kier molecular flexibility index (Phi) is 2.42. The predicted molar refractivity (Wildman–Crippen MR) is 68.5 cm³/mol. The van der Waals surface area contributed by atoms with Crippen LogP contribution in [0.4, 0.5) is 0 Å². The number of nitrogens with zero attached hydrogens (tertiary/aromatic N) is 2. The van der Waals surface area contributed by atoms with Crippen molar-refractivity contribution in [3.05, 3.63) is 45.7 Å². The minimum absolute atomic E-state index is 0.208. The lowest BCUT2D eigenvalue weighted by molar-refractivity contribution is 0.875. The smallest absolute Gasteiger partial charge is 0.266 e. The Balaban J connectivity index is 2.21. The summed E-state index contributed by atoms with van der Waals surface area (Å²) in [6.45, 7) is 0. The number of halogens is 1. The summed E-state index contributed by atoms with van der Waals surface area (Å²) in [7, 11) is 0. The third-order valence-electron chi connectivity index (χ3n) is 2.36. The molecule has 0 saturated heterocycles. The predicted octanol–water partition coefficient (Wildman–Crippen LogP) is 2.70. The van der Waals surface area contributed by atoms with E-state index >= 15 is 0 Å². The van der Waals surface area contributed by atoms with Crippen LogP contribution in [0.2, 0.25) is 5.02 Å². The number of aromatic nitrogens is 3. The fourth-order valence-electron chi connectivity index (χ4n) is 1.55. The van der Waals surface area contributed by atoms with E-state index < -0.39 is 0 Å². The third kappa shape index (κ3) is 1.83. The minimum Gasteiger partial charge on any atom is -0.266 e. The van der Waals surface area contributed by atoms with Crippen LogP contribution in [0.1, 0.15) is 0 Å². The molecule has 0 radical (unpaired) electrons. The first-order valence-corrected chi connectivity index (χ1v) is 6.04. The maximum atomic E-state index is 11.5. The second-order valence-electron chi connectivity index (χ2n) is 3.47. The number of benzene rings is 1. The van der Waals surface area contributed by atoms with Crippen LogP contribution < -0.4 is 5.56 Å². The molecular weight excluding hydrogens is 258 g/mol. The van der Waals surface area contributed by atoms with E-state index in [0.717, 1.165) is 10.4 Å². The molecule has 3 rings (SSSR count). The zero-order chi connectivity index (χ0) is 11.8. The largest absolute Gasteiger partial charge is 0.285 e. The van der Waals surface area contributed by atoms with Gasteiger partial charge in [-0.15, -0.1) is 16.4 Å². The van der Waals surface area contributed by atoms with Crippen LogP contribution in [-0.2, 0) is 0 Å². The number of hydrogen-bond acceptors (Lipinski definition) is 4. The number of thiophene rings is 1. The Labute approximate surface area is 105 Å². The fourth-order valence-corrected chi connectivity index (χ4v) is 2.66. The van der Waals surface area contributed by atoms with E-state index in [1.54, 1.807) is 0 Å². The Morgan fingerprint density at radius 3 is 2.71 bits per heavy atom. The van der Waals surface area contributed by atoms with Crippen molar-refractivity contribution in [1.29, 1.82) is 0 Å². The van der Waals surface area contributed by atoms with Gasteiger partial charge in [0.25, 0.3) is 5.56 Å². The van der Waals surface area contributed by atoms with E-state index in [2.05, 4.69) is 15.4 Å². The van der Waals surface area contributed by atoms with E-state index in [-0.39, 0.29) is 5.56 Å². The highest BCUT2D eigenvalue weighted by Gasteiger charge is 2.08. The lowest BCUT2D eigenvalue weighted by Crippen LogP contribution is -2.07. The molecule has 2 aromatic heterocycles. The zero-order valence-electron chi connectivity index (χ0n) is 8.48. The van der Waals surface area contributed by atoms with Crippen LogP contribution in [0.5, 0.6) is 0 Å². The van der Waals surface area contributed by atoms with E-state index in [9.17, 15) is 4.79 Å². The molecule has 0 bridgehead atoms. The average molecular weight is 264 g/mol. The molecule has 0 saturated carbocycles. The molecule has 0 spiro atoms. The number of aromatic amines is 1. The fraction of sp³-hybridized carbons (Fsp3) is 0. The van der Waals surface area contributed by atoms with Crippen LogP contribution in [0, 0.1) is 0 Å². The molecule has 0 aliphatic heterocycles. The van der Waals surface area contributed by atoms with Crippen molar-refractivity contribution < 1.29 is 0 Å². The molecule has 17 heavy (non-hydrogen) atoms. The lowest BCUT2D eigenvalue weighted by Gasteiger charge is -1.95. The summed E-state index contributed by atoms with van der Waals surface area (Å²) in [5.41, 5.74) is 1.42. The van der Waals surface area contributed by atoms with Gasteiger partial charge in [-0.25, -0.2) is 5.10 Å². The number of nitrogens with one attached hydrogen (secondary N) is 1. The quantitative estimate of drug-likeness (QED) is 0.734. The SMILES string of the molecule is O=c1[nH]nnc2cc(-c3ccc(Cl)cc3)sc12. The lowest BCUT2D eigenvalue weighted by atomic mass is 10.2. The molecule has 2 heterocycles. The van der Waals surface area contributed by atoms with Crippen molar-refractivity contribution >= 4 is 33.2 Å². The van der Waals surface area contributed by atoms with Gasteiger partial charge in [0.15, 0.2) is 0 Å². The Bertz CT molecular complexity index is 732. The summed E-state index contributed by atoms with van der Waals surface area (Å²) in [5, 5.41) is 10.4. The summed E-state index contributed by atoms with van der Waals surface area (Å²) >= 11 is 7.22. The van der Waals surface area contributed by atoms with Crippen molar-refractivity contribution in [2.45, 2.75) is 0 Å². The number of rotatable bonds is 1. The molecule has 6 heteroatoms. The normalized spacial score (nSPS) is 10.9. The molecule has 0 fully saturated rings. The topological polar surface area (TPSA) is 58.6 Å². The molecule has 0 amide bonds. The molecule has 0 atom stereocenters. The molecular formula is C11H6ClN3OS. The van der Waals surface area contributed by atoms with Crippen LogP contribution in [-0.4, -0.2) is 15.4 Å². The standard InChI is InChI=1S/C11H6ClN3OS/c12-7-3-1-6(2-4-7)9-5-8-10(17-9)11(16)14-15-13-8/h1-5H,(H,13,14,16). The highest BCUT2D eigenvalue weighted by atomic mass is 35.5. The summed E-state index contributed by atoms with van der Waals surface area (Å²) in [6.07, 6.45) is 0. The van der Waals surface area contributed by atoms with E-state index in [1.165, 1.54) is 11.3 Å². The Hall–Kier alpha value is -1.72. The van der Waals surface area contributed by atoms with Gasteiger partial charge in [0.05, 0.1) is 0 Å². The Morgan fingerprint density at radius 1 is 1.24 bits per heavy atom. The molecule has 84 valence electrons. The van der Waals surface area contributed by atoms with Crippen LogP contribution in [0.15, 0.2) is 35.1 Å². The maximum absolute atomic E-state index is 11.5. The van der Waals surface area contributed by atoms with Gasteiger partial charge >= 0.3 is 0 Å². The summed E-state index contributed by atoms with van der Waals surface area (Å²) in [4.78, 5) is 12.5. The number of H-pyrrole nitrogens is 1. The van der Waals surface area contributed by atoms with Crippen molar-refractivity contribution in [3.63, 3.8) is 0 Å². The van der Waals surface area contributed by atoms with Crippen molar-refractivity contribution in [2.24, 2.45) is 0 Å². The van der Waals surface area contributed by atoms with Crippen LogP contribution in [0.3, 0.4) is 0 Å².